The summed E-state index contributed by atoms with van der Waals surface area (Å²) in [7, 11) is 0. The third kappa shape index (κ3) is 2.42. The van der Waals surface area contributed by atoms with Crippen LogP contribution in [0, 0.1) is 11.3 Å². The molecular formula is C8H8F3N. The lowest BCUT2D eigenvalue weighted by atomic mass is 10.1. The molecular weight excluding hydrogens is 167 g/mol. The van der Waals surface area contributed by atoms with E-state index >= 15 is 0 Å². The molecule has 0 N–H and O–H groups in total. The SMILES string of the molecule is CC=C(C#N)C(=CC)C(F)(F)F. The maximum absolute atomic E-state index is 12.1. The van der Waals surface area contributed by atoms with Crippen molar-refractivity contribution >= 4 is 0 Å². The molecule has 0 aliphatic carbocycles. The molecule has 0 aromatic carbocycles. The summed E-state index contributed by atoms with van der Waals surface area (Å²) < 4.78 is 36.3. The number of alkyl halides is 3. The Labute approximate surface area is 68.8 Å². The lowest BCUT2D eigenvalue weighted by molar-refractivity contribution is -0.0890. The van der Waals surface area contributed by atoms with Crippen LogP contribution in [0.1, 0.15) is 13.8 Å². The van der Waals surface area contributed by atoms with Gasteiger partial charge in [0.15, 0.2) is 0 Å². The van der Waals surface area contributed by atoms with E-state index in [1.165, 1.54) is 19.9 Å². The molecule has 1 nitrogen and oxygen atoms in total. The zero-order valence-corrected chi connectivity index (χ0v) is 6.74. The Bertz CT molecular complexity index is 252. The Morgan fingerprint density at radius 1 is 1.25 bits per heavy atom. The summed E-state index contributed by atoms with van der Waals surface area (Å²) in [5.74, 6) is 0. The predicted octanol–water partition coefficient (Wildman–Crippen LogP) is 2.96. The normalized spacial score (nSPS) is 14.3. The topological polar surface area (TPSA) is 23.8 Å². The van der Waals surface area contributed by atoms with Crippen molar-refractivity contribution in [2.24, 2.45) is 0 Å². The van der Waals surface area contributed by atoms with Gasteiger partial charge in [-0.25, -0.2) is 0 Å². The fourth-order valence-electron chi connectivity index (χ4n) is 0.752. The zero-order chi connectivity index (χ0) is 9.78. The second-order valence-corrected chi connectivity index (χ2v) is 2.01. The van der Waals surface area contributed by atoms with Crippen LogP contribution in [0.25, 0.3) is 0 Å². The Kier molecular flexibility index (Phi) is 3.55. The summed E-state index contributed by atoms with van der Waals surface area (Å²) in [6.45, 7) is 2.65. The van der Waals surface area contributed by atoms with Crippen LogP contribution in [0.2, 0.25) is 0 Å². The fourth-order valence-corrected chi connectivity index (χ4v) is 0.752. The lowest BCUT2D eigenvalue weighted by Crippen LogP contribution is -2.13. The van der Waals surface area contributed by atoms with Crippen molar-refractivity contribution in [2.75, 3.05) is 0 Å². The van der Waals surface area contributed by atoms with Crippen molar-refractivity contribution in [3.05, 3.63) is 23.3 Å². The number of allylic oxidation sites excluding steroid dienone is 4. The molecule has 0 rings (SSSR count). The van der Waals surface area contributed by atoms with Crippen LogP contribution >= 0.6 is 0 Å². The second-order valence-electron chi connectivity index (χ2n) is 2.01. The summed E-state index contributed by atoms with van der Waals surface area (Å²) in [5, 5.41) is 8.33. The van der Waals surface area contributed by atoms with Crippen LogP contribution in [-0.4, -0.2) is 6.18 Å². The number of rotatable bonds is 1. The van der Waals surface area contributed by atoms with E-state index in [-0.39, 0.29) is 5.57 Å². The van der Waals surface area contributed by atoms with E-state index in [0.717, 1.165) is 12.2 Å². The van der Waals surface area contributed by atoms with Gasteiger partial charge in [0, 0.05) is 0 Å². The van der Waals surface area contributed by atoms with Gasteiger partial charge in [0.1, 0.15) is 0 Å². The summed E-state index contributed by atoms with van der Waals surface area (Å²) in [5.41, 5.74) is -1.22. The van der Waals surface area contributed by atoms with E-state index in [0.29, 0.717) is 0 Å². The lowest BCUT2D eigenvalue weighted by Gasteiger charge is -2.08. The summed E-state index contributed by atoms with van der Waals surface area (Å²) in [4.78, 5) is 0. The first-order valence-corrected chi connectivity index (χ1v) is 3.27. The average molecular weight is 175 g/mol. The van der Waals surface area contributed by atoms with Gasteiger partial charge in [-0.15, -0.1) is 0 Å². The van der Waals surface area contributed by atoms with Crippen molar-refractivity contribution in [3.8, 4) is 6.07 Å². The molecule has 0 aromatic rings. The van der Waals surface area contributed by atoms with E-state index in [4.69, 9.17) is 5.26 Å². The van der Waals surface area contributed by atoms with Gasteiger partial charge in [-0.2, -0.15) is 18.4 Å². The standard InChI is InChI=1S/C8H8F3N/c1-3-6(5-12)7(4-2)8(9,10)11/h3-4H,1-2H3. The van der Waals surface area contributed by atoms with Gasteiger partial charge in [-0.3, -0.25) is 0 Å². The summed E-state index contributed by atoms with van der Waals surface area (Å²) in [6, 6.07) is 1.48. The third-order valence-electron chi connectivity index (χ3n) is 1.29. The van der Waals surface area contributed by atoms with Gasteiger partial charge in [0.25, 0.3) is 0 Å². The van der Waals surface area contributed by atoms with Gasteiger partial charge in [-0.1, -0.05) is 12.2 Å². The highest BCUT2D eigenvalue weighted by molar-refractivity contribution is 5.43. The van der Waals surface area contributed by atoms with Crippen molar-refractivity contribution in [1.82, 2.24) is 0 Å². The molecule has 0 bridgehead atoms. The van der Waals surface area contributed by atoms with Gasteiger partial charge < -0.3 is 0 Å². The quantitative estimate of drug-likeness (QED) is 0.444. The van der Waals surface area contributed by atoms with Crippen molar-refractivity contribution in [3.63, 3.8) is 0 Å². The first kappa shape index (κ1) is 10.8. The van der Waals surface area contributed by atoms with Gasteiger partial charge in [0.05, 0.1) is 17.2 Å². The third-order valence-corrected chi connectivity index (χ3v) is 1.29. The molecule has 0 fully saturated rings. The van der Waals surface area contributed by atoms with Crippen LogP contribution in [0.15, 0.2) is 23.3 Å². The van der Waals surface area contributed by atoms with E-state index in [1.54, 1.807) is 0 Å². The van der Waals surface area contributed by atoms with E-state index in [2.05, 4.69) is 0 Å². The fraction of sp³-hybridized carbons (Fsp3) is 0.375. The van der Waals surface area contributed by atoms with Crippen LogP contribution in [0.4, 0.5) is 13.2 Å². The largest absolute Gasteiger partial charge is 0.417 e. The smallest absolute Gasteiger partial charge is 0.192 e. The molecule has 4 heteroatoms. The molecule has 0 aromatic heterocycles. The maximum Gasteiger partial charge on any atom is 0.417 e. The first-order chi connectivity index (χ1) is 5.47. The maximum atomic E-state index is 12.1. The molecule has 0 amide bonds. The molecule has 66 valence electrons. The molecule has 0 radical (unpaired) electrons. The Morgan fingerprint density at radius 3 is 1.83 bits per heavy atom. The first-order valence-electron chi connectivity index (χ1n) is 3.27. The monoisotopic (exact) mass is 175 g/mol. The number of hydrogen-bond donors (Lipinski definition) is 0. The van der Waals surface area contributed by atoms with Crippen LogP contribution in [-0.2, 0) is 0 Å². The minimum atomic E-state index is -4.44. The Hall–Kier alpha value is -1.24. The van der Waals surface area contributed by atoms with Gasteiger partial charge in [-0.05, 0) is 13.8 Å². The molecule has 0 aliphatic rings. The van der Waals surface area contributed by atoms with E-state index in [1.807, 2.05) is 0 Å². The van der Waals surface area contributed by atoms with E-state index < -0.39 is 11.7 Å². The number of hydrogen-bond acceptors (Lipinski definition) is 1. The van der Waals surface area contributed by atoms with Crippen LogP contribution in [0.5, 0.6) is 0 Å². The van der Waals surface area contributed by atoms with Crippen LogP contribution < -0.4 is 0 Å². The van der Waals surface area contributed by atoms with Gasteiger partial charge in [0.2, 0.25) is 0 Å². The highest BCUT2D eigenvalue weighted by atomic mass is 19.4. The molecule has 0 spiro atoms. The van der Waals surface area contributed by atoms with Crippen molar-refractivity contribution < 1.29 is 13.2 Å². The van der Waals surface area contributed by atoms with Crippen molar-refractivity contribution in [2.45, 2.75) is 20.0 Å². The summed E-state index contributed by atoms with van der Waals surface area (Å²) >= 11 is 0. The average Bonchev–Trinajstić information content (AvgIpc) is 1.97. The highest BCUT2D eigenvalue weighted by Gasteiger charge is 2.34. The predicted molar refractivity (Wildman–Crippen MR) is 39.2 cm³/mol. The zero-order valence-electron chi connectivity index (χ0n) is 6.74. The van der Waals surface area contributed by atoms with Crippen molar-refractivity contribution in [1.29, 1.82) is 5.26 Å². The number of nitrogens with zero attached hydrogens (tertiary/aromatic N) is 1. The number of nitriles is 1. The Morgan fingerprint density at radius 2 is 1.75 bits per heavy atom. The van der Waals surface area contributed by atoms with Gasteiger partial charge >= 0.3 is 6.18 Å². The molecule has 12 heavy (non-hydrogen) atoms. The van der Waals surface area contributed by atoms with Crippen LogP contribution in [0.3, 0.4) is 0 Å². The molecule has 0 unspecified atom stereocenters. The minimum absolute atomic E-state index is 0.343. The second kappa shape index (κ2) is 3.96. The minimum Gasteiger partial charge on any atom is -0.192 e. The molecule has 0 saturated carbocycles. The molecule has 0 aliphatic heterocycles. The number of halogens is 3. The molecule has 0 saturated heterocycles. The summed E-state index contributed by atoms with van der Waals surface area (Å²) in [6.07, 6.45) is -2.41. The molecule has 0 heterocycles. The highest BCUT2D eigenvalue weighted by Crippen LogP contribution is 2.30. The Balaban J connectivity index is 4.99. The molecule has 0 atom stereocenters. The van der Waals surface area contributed by atoms with E-state index in [9.17, 15) is 13.2 Å².